The van der Waals surface area contributed by atoms with E-state index in [0.29, 0.717) is 26.1 Å². The number of hydrogen-bond acceptors (Lipinski definition) is 0. The molecule has 0 nitrogen and oxygen atoms in total. The number of unbranched alkanes of at least 4 members (excludes halogenated alkanes) is 2. The largest absolute Gasteiger partial charge is 0.0715 e. The Morgan fingerprint density at radius 3 is 2.00 bits per heavy atom. The fourth-order valence-electron chi connectivity index (χ4n) is 0.354. The molecule has 2 heteroatoms. The van der Waals surface area contributed by atoms with Crippen LogP contribution in [-0.2, 0) is 26.1 Å². The summed E-state index contributed by atoms with van der Waals surface area (Å²) in [5.41, 5.74) is 0. The summed E-state index contributed by atoms with van der Waals surface area (Å²) >= 11 is 0.709. The van der Waals surface area contributed by atoms with Crippen molar-refractivity contribution in [1.82, 2.24) is 0 Å². The zero-order chi connectivity index (χ0) is 9.11. The van der Waals surface area contributed by atoms with Crippen molar-refractivity contribution in [3.8, 4) is 9.35 Å². The summed E-state index contributed by atoms with van der Waals surface area (Å²) in [6.07, 6.45) is 3.69. The van der Waals surface area contributed by atoms with Crippen molar-refractivity contribution in [2.24, 2.45) is 0 Å². The standard InChI is InChI=1S/C6H9.C3H9Si.Hg/c1-3-5-6-4-2;1-4(2)3;/h3,5-6H2,1H3;1-3H3;. The maximum absolute atomic E-state index is 3.09. The fraction of sp³-hybridized carbons (Fsp3) is 0.778. The van der Waals surface area contributed by atoms with Gasteiger partial charge in [0.05, 0.1) is 0 Å². The van der Waals surface area contributed by atoms with Gasteiger partial charge in [0.1, 0.15) is 0 Å². The fourth-order valence-corrected chi connectivity index (χ4v) is 1.04. The molecular formula is C9H18HgSi. The maximum Gasteiger partial charge on any atom is 0.0379 e. The van der Waals surface area contributed by atoms with Gasteiger partial charge in [-0.3, -0.25) is 0 Å². The van der Waals surface area contributed by atoms with E-state index in [-0.39, 0.29) is 8.80 Å². The van der Waals surface area contributed by atoms with Crippen LogP contribution in [0.5, 0.6) is 0 Å². The molecule has 0 unspecified atom stereocenters. The molecule has 0 aliphatic heterocycles. The van der Waals surface area contributed by atoms with Crippen molar-refractivity contribution in [3.63, 3.8) is 0 Å². The van der Waals surface area contributed by atoms with Gasteiger partial charge in [0.15, 0.2) is 0 Å². The van der Waals surface area contributed by atoms with Crippen LogP contribution < -0.4 is 0 Å². The smallest absolute Gasteiger partial charge is 0.0379 e. The van der Waals surface area contributed by atoms with E-state index in [4.69, 9.17) is 0 Å². The van der Waals surface area contributed by atoms with Gasteiger partial charge in [0, 0.05) is 8.80 Å². The van der Waals surface area contributed by atoms with E-state index in [0.717, 1.165) is 6.42 Å². The summed E-state index contributed by atoms with van der Waals surface area (Å²) in [4.78, 5) is 0. The van der Waals surface area contributed by atoms with Gasteiger partial charge < -0.3 is 0 Å². The first kappa shape index (κ1) is 14.2. The quantitative estimate of drug-likeness (QED) is 0.406. The molecule has 0 aromatic rings. The van der Waals surface area contributed by atoms with E-state index in [1.54, 1.807) is 0 Å². The molecule has 11 heavy (non-hydrogen) atoms. The molecule has 1 radical (unpaired) electrons. The van der Waals surface area contributed by atoms with E-state index in [1.807, 2.05) is 0 Å². The van der Waals surface area contributed by atoms with E-state index in [2.05, 4.69) is 35.9 Å². The molecule has 0 bridgehead atoms. The van der Waals surface area contributed by atoms with Gasteiger partial charge in [-0.2, -0.15) is 0 Å². The Hall–Kier alpha value is 0.712. The van der Waals surface area contributed by atoms with Crippen molar-refractivity contribution in [3.05, 3.63) is 0 Å². The van der Waals surface area contributed by atoms with Crippen molar-refractivity contribution < 1.29 is 26.1 Å². The normalized spacial score (nSPS) is 7.91. The summed E-state index contributed by atoms with van der Waals surface area (Å²) in [5, 5.41) is 0. The Morgan fingerprint density at radius 2 is 1.73 bits per heavy atom. The van der Waals surface area contributed by atoms with Gasteiger partial charge in [-0.15, -0.1) is 0 Å². The molecule has 0 fully saturated rings. The molecule has 60 valence electrons. The first-order valence-electron chi connectivity index (χ1n) is 4.16. The minimum atomic E-state index is 0.120. The first-order valence-corrected chi connectivity index (χ1v) is 9.91. The molecule has 0 atom stereocenters. The van der Waals surface area contributed by atoms with E-state index >= 15 is 0 Å². The Morgan fingerprint density at radius 1 is 1.27 bits per heavy atom. The summed E-state index contributed by atoms with van der Waals surface area (Å²) in [5.74, 6) is 3.09. The molecular weight excluding hydrogens is 337 g/mol. The van der Waals surface area contributed by atoms with Crippen LogP contribution in [0, 0.1) is 9.35 Å². The van der Waals surface area contributed by atoms with Gasteiger partial charge >= 0.3 is 61.7 Å². The second kappa shape index (κ2) is 13.3. The van der Waals surface area contributed by atoms with Crippen LogP contribution in [0.1, 0.15) is 26.2 Å². The summed E-state index contributed by atoms with van der Waals surface area (Å²) in [6, 6.07) is 0. The van der Waals surface area contributed by atoms with Gasteiger partial charge in [-0.25, -0.2) is 0 Å². The van der Waals surface area contributed by atoms with Crippen LogP contribution >= 0.6 is 0 Å². The molecule has 0 spiro atoms. The third-order valence-electron chi connectivity index (χ3n) is 0.780. The molecule has 0 N–H and O–H groups in total. The number of rotatable bonds is 2. The van der Waals surface area contributed by atoms with Crippen LogP contribution in [0.2, 0.25) is 19.6 Å². The third-order valence-corrected chi connectivity index (χ3v) is 1.75. The first-order chi connectivity index (χ1) is 5.15. The van der Waals surface area contributed by atoms with E-state index in [1.165, 1.54) is 12.8 Å². The molecule has 0 aliphatic rings. The van der Waals surface area contributed by atoms with Gasteiger partial charge in [-0.05, 0) is 0 Å². The van der Waals surface area contributed by atoms with Crippen molar-refractivity contribution in [2.45, 2.75) is 45.8 Å². The van der Waals surface area contributed by atoms with Gasteiger partial charge in [0.25, 0.3) is 0 Å². The Balaban J connectivity index is 0. The molecule has 0 saturated heterocycles. The topological polar surface area (TPSA) is 0 Å². The summed E-state index contributed by atoms with van der Waals surface area (Å²) in [7, 11) is 0.120. The third kappa shape index (κ3) is 36.6. The van der Waals surface area contributed by atoms with Gasteiger partial charge in [-0.1, -0.05) is 19.6 Å². The molecule has 0 rings (SSSR count). The molecule has 0 heterocycles. The minimum Gasteiger partial charge on any atom is -0.0715 e. The van der Waals surface area contributed by atoms with Crippen LogP contribution in [0.15, 0.2) is 0 Å². The molecule has 0 aromatic carbocycles. The SMILES string of the molecule is CCCCC#[C][Hg].C[Si](C)C. The minimum absolute atomic E-state index is 0.120. The maximum atomic E-state index is 3.09. The van der Waals surface area contributed by atoms with Crippen LogP contribution in [-0.4, -0.2) is 8.80 Å². The molecule has 0 saturated carbocycles. The zero-order valence-electron chi connectivity index (χ0n) is 8.33. The van der Waals surface area contributed by atoms with E-state index < -0.39 is 0 Å². The van der Waals surface area contributed by atoms with Crippen LogP contribution in [0.25, 0.3) is 0 Å². The second-order valence-electron chi connectivity index (χ2n) is 2.96. The van der Waals surface area contributed by atoms with Gasteiger partial charge in [0.2, 0.25) is 0 Å². The van der Waals surface area contributed by atoms with Crippen LogP contribution in [0.3, 0.4) is 0 Å². The van der Waals surface area contributed by atoms with Crippen molar-refractivity contribution in [1.29, 1.82) is 0 Å². The van der Waals surface area contributed by atoms with E-state index in [9.17, 15) is 0 Å². The molecule has 0 aromatic heterocycles. The second-order valence-corrected chi connectivity index (χ2v) is 7.33. The van der Waals surface area contributed by atoms with Crippen molar-refractivity contribution >= 4 is 8.80 Å². The number of hydrogen-bond donors (Lipinski definition) is 0. The predicted octanol–water partition coefficient (Wildman–Crippen LogP) is 3.05. The average molecular weight is 355 g/mol. The zero-order valence-corrected chi connectivity index (χ0v) is 14.8. The molecule has 0 aliphatic carbocycles. The Kier molecular flexibility index (Phi) is 17.2. The monoisotopic (exact) mass is 356 g/mol. The average Bonchev–Trinajstić information content (AvgIpc) is 1.88. The molecule has 0 amide bonds. The van der Waals surface area contributed by atoms with Crippen molar-refractivity contribution in [2.75, 3.05) is 0 Å². The summed E-state index contributed by atoms with van der Waals surface area (Å²) < 4.78 is 3.05. The Bertz CT molecular complexity index is 108. The predicted molar refractivity (Wildman–Crippen MR) is 50.6 cm³/mol. The summed E-state index contributed by atoms with van der Waals surface area (Å²) in [6.45, 7) is 9.00. The Labute approximate surface area is 89.7 Å². The van der Waals surface area contributed by atoms with Crippen LogP contribution in [0.4, 0.5) is 0 Å².